The van der Waals surface area contributed by atoms with Crippen molar-refractivity contribution in [3.63, 3.8) is 0 Å². The molecule has 126 valence electrons. The number of hydrogen-bond donors (Lipinski definition) is 1. The summed E-state index contributed by atoms with van der Waals surface area (Å²) in [6, 6.07) is 4.55. The Bertz CT molecular complexity index is 915. The second-order valence-electron chi connectivity index (χ2n) is 5.45. The lowest BCUT2D eigenvalue weighted by molar-refractivity contribution is 0.310. The summed E-state index contributed by atoms with van der Waals surface area (Å²) in [6.07, 6.45) is 2.04. The molecule has 1 aromatic carbocycles. The fraction of sp³-hybridized carbons (Fsp3) is 0.500. The number of sulfonamides is 2. The number of nitrogens with zero attached hydrogens (tertiary/aromatic N) is 3. The van der Waals surface area contributed by atoms with Crippen LogP contribution in [0.1, 0.15) is 12.8 Å². The second-order valence-corrected chi connectivity index (χ2v) is 9.64. The lowest BCUT2D eigenvalue weighted by Gasteiger charge is -2.30. The van der Waals surface area contributed by atoms with Gasteiger partial charge < -0.3 is 0 Å². The average molecular weight is 376 g/mol. The zero-order chi connectivity index (χ0) is 16.7. The number of rotatable bonds is 4. The fourth-order valence-electron chi connectivity index (χ4n) is 2.59. The van der Waals surface area contributed by atoms with Gasteiger partial charge in [0.2, 0.25) is 20.0 Å². The van der Waals surface area contributed by atoms with E-state index in [1.54, 1.807) is 12.1 Å². The first kappa shape index (κ1) is 16.7. The highest BCUT2D eigenvalue weighted by molar-refractivity contribution is 7.89. The normalized spacial score (nSPS) is 18.5. The summed E-state index contributed by atoms with van der Waals surface area (Å²) in [6.45, 7) is 0.628. The van der Waals surface area contributed by atoms with E-state index in [1.807, 2.05) is 0 Å². The van der Waals surface area contributed by atoms with Gasteiger partial charge in [0.1, 0.15) is 15.9 Å². The predicted octanol–water partition coefficient (Wildman–Crippen LogP) is 0.394. The fourth-order valence-corrected chi connectivity index (χ4v) is 5.53. The van der Waals surface area contributed by atoms with Crippen LogP contribution in [0.5, 0.6) is 0 Å². The first-order valence-electron chi connectivity index (χ1n) is 6.96. The van der Waals surface area contributed by atoms with Gasteiger partial charge in [0.15, 0.2) is 0 Å². The lowest BCUT2D eigenvalue weighted by atomic mass is 10.1. The van der Waals surface area contributed by atoms with Crippen molar-refractivity contribution in [2.24, 2.45) is 0 Å². The molecule has 0 saturated carbocycles. The minimum atomic E-state index is -3.72. The van der Waals surface area contributed by atoms with Crippen LogP contribution < -0.4 is 4.72 Å². The molecular weight excluding hydrogens is 360 g/mol. The molecule has 0 aliphatic carbocycles. The molecule has 1 fully saturated rings. The largest absolute Gasteiger partial charge is 0.243 e. The SMILES string of the molecule is CS(=O)(=O)N1CCC(NS(=O)(=O)c2cccc3nsnc23)CC1. The van der Waals surface area contributed by atoms with Gasteiger partial charge in [-0.15, -0.1) is 0 Å². The van der Waals surface area contributed by atoms with Crippen LogP contribution in [-0.2, 0) is 20.0 Å². The number of piperidine rings is 1. The molecule has 0 amide bonds. The Balaban J connectivity index is 1.77. The van der Waals surface area contributed by atoms with Crippen LogP contribution in [0.2, 0.25) is 0 Å². The third-order valence-electron chi connectivity index (χ3n) is 3.78. The predicted molar refractivity (Wildman–Crippen MR) is 87.2 cm³/mol. The highest BCUT2D eigenvalue weighted by Gasteiger charge is 2.29. The van der Waals surface area contributed by atoms with Crippen molar-refractivity contribution >= 4 is 42.8 Å². The Morgan fingerprint density at radius 2 is 1.87 bits per heavy atom. The van der Waals surface area contributed by atoms with E-state index in [1.165, 1.54) is 10.4 Å². The van der Waals surface area contributed by atoms with Crippen molar-refractivity contribution in [3.05, 3.63) is 18.2 Å². The number of nitrogens with one attached hydrogen (secondary N) is 1. The average Bonchev–Trinajstić information content (AvgIpc) is 2.94. The van der Waals surface area contributed by atoms with Crippen molar-refractivity contribution in [3.8, 4) is 0 Å². The third-order valence-corrected chi connectivity index (χ3v) is 7.18. The summed E-state index contributed by atoms with van der Waals surface area (Å²) < 4.78 is 60.3. The maximum Gasteiger partial charge on any atom is 0.243 e. The topological polar surface area (TPSA) is 109 Å². The van der Waals surface area contributed by atoms with Crippen LogP contribution in [0.4, 0.5) is 0 Å². The molecule has 1 aliphatic heterocycles. The van der Waals surface area contributed by atoms with E-state index in [9.17, 15) is 16.8 Å². The molecule has 1 aliphatic rings. The molecule has 2 aromatic rings. The quantitative estimate of drug-likeness (QED) is 0.827. The summed E-state index contributed by atoms with van der Waals surface area (Å²) in [5, 5.41) is 0. The molecule has 8 nitrogen and oxygen atoms in total. The molecule has 0 spiro atoms. The monoisotopic (exact) mass is 376 g/mol. The molecule has 3 rings (SSSR count). The molecule has 1 saturated heterocycles. The van der Waals surface area contributed by atoms with Gasteiger partial charge in [0.05, 0.1) is 18.0 Å². The molecular formula is C12H16N4O4S3. The van der Waals surface area contributed by atoms with Crippen LogP contribution >= 0.6 is 11.7 Å². The van der Waals surface area contributed by atoms with Crippen molar-refractivity contribution in [2.45, 2.75) is 23.8 Å². The van der Waals surface area contributed by atoms with E-state index >= 15 is 0 Å². The Morgan fingerprint density at radius 1 is 1.17 bits per heavy atom. The van der Waals surface area contributed by atoms with E-state index in [-0.39, 0.29) is 10.9 Å². The Hall–Kier alpha value is -1.14. The van der Waals surface area contributed by atoms with Crippen LogP contribution in [0.25, 0.3) is 11.0 Å². The Kier molecular flexibility index (Phi) is 4.40. The van der Waals surface area contributed by atoms with Gasteiger partial charge >= 0.3 is 0 Å². The van der Waals surface area contributed by atoms with Crippen molar-refractivity contribution in [1.82, 2.24) is 17.8 Å². The van der Waals surface area contributed by atoms with Gasteiger partial charge in [-0.05, 0) is 25.0 Å². The third kappa shape index (κ3) is 3.53. The van der Waals surface area contributed by atoms with E-state index in [0.29, 0.717) is 37.0 Å². The van der Waals surface area contributed by atoms with Crippen LogP contribution in [0.3, 0.4) is 0 Å². The molecule has 0 unspecified atom stereocenters. The summed E-state index contributed by atoms with van der Waals surface area (Å²) in [7, 11) is -6.95. The number of benzene rings is 1. The van der Waals surface area contributed by atoms with Crippen LogP contribution in [0, 0.1) is 0 Å². The molecule has 23 heavy (non-hydrogen) atoms. The van der Waals surface area contributed by atoms with Crippen LogP contribution in [0.15, 0.2) is 23.1 Å². The van der Waals surface area contributed by atoms with Crippen molar-refractivity contribution in [2.75, 3.05) is 19.3 Å². The first-order valence-corrected chi connectivity index (χ1v) is 11.0. The minimum absolute atomic E-state index is 0.106. The molecule has 11 heteroatoms. The summed E-state index contributed by atoms with van der Waals surface area (Å²) in [4.78, 5) is 0.106. The standard InChI is InChI=1S/C12H16N4O4S3/c1-22(17,18)16-7-5-9(6-8-16)15-23(19,20)11-4-2-3-10-12(11)14-21-13-10/h2-4,9,15H,5-8H2,1H3. The summed E-state index contributed by atoms with van der Waals surface area (Å²) in [5.41, 5.74) is 0.906. The number of hydrogen-bond acceptors (Lipinski definition) is 7. The molecule has 0 bridgehead atoms. The van der Waals surface area contributed by atoms with E-state index in [2.05, 4.69) is 13.5 Å². The first-order chi connectivity index (χ1) is 10.8. The molecule has 0 radical (unpaired) electrons. The van der Waals surface area contributed by atoms with Gasteiger partial charge in [0, 0.05) is 19.1 Å². The number of aromatic nitrogens is 2. The zero-order valence-electron chi connectivity index (χ0n) is 12.3. The molecule has 0 atom stereocenters. The molecule has 1 N–H and O–H groups in total. The van der Waals surface area contributed by atoms with Gasteiger partial charge in [-0.3, -0.25) is 0 Å². The minimum Gasteiger partial charge on any atom is -0.213 e. The Labute approximate surface area is 138 Å². The summed E-state index contributed by atoms with van der Waals surface area (Å²) in [5.74, 6) is 0. The lowest BCUT2D eigenvalue weighted by Crippen LogP contribution is -2.46. The maximum absolute atomic E-state index is 12.6. The highest BCUT2D eigenvalue weighted by Crippen LogP contribution is 2.22. The van der Waals surface area contributed by atoms with Gasteiger partial charge in [0.25, 0.3) is 0 Å². The van der Waals surface area contributed by atoms with E-state index in [4.69, 9.17) is 0 Å². The molecule has 2 heterocycles. The zero-order valence-corrected chi connectivity index (χ0v) is 14.8. The molecule has 1 aromatic heterocycles. The van der Waals surface area contributed by atoms with Gasteiger partial charge in [-0.25, -0.2) is 25.9 Å². The van der Waals surface area contributed by atoms with E-state index < -0.39 is 20.0 Å². The van der Waals surface area contributed by atoms with Crippen LogP contribution in [-0.4, -0.2) is 55.3 Å². The van der Waals surface area contributed by atoms with E-state index in [0.717, 1.165) is 18.0 Å². The smallest absolute Gasteiger partial charge is 0.213 e. The van der Waals surface area contributed by atoms with Gasteiger partial charge in [-0.1, -0.05) is 6.07 Å². The van der Waals surface area contributed by atoms with Crippen molar-refractivity contribution < 1.29 is 16.8 Å². The second kappa shape index (κ2) is 6.06. The maximum atomic E-state index is 12.6. The van der Waals surface area contributed by atoms with Crippen molar-refractivity contribution in [1.29, 1.82) is 0 Å². The summed E-state index contributed by atoms with van der Waals surface area (Å²) >= 11 is 0.967. The number of fused-ring (bicyclic) bond motifs is 1. The highest BCUT2D eigenvalue weighted by atomic mass is 32.2. The Morgan fingerprint density at radius 3 is 2.52 bits per heavy atom. The van der Waals surface area contributed by atoms with Gasteiger partial charge in [-0.2, -0.15) is 8.75 Å².